The first-order valence-electron chi connectivity index (χ1n) is 10.9. The lowest BCUT2D eigenvalue weighted by Gasteiger charge is -2.16. The van der Waals surface area contributed by atoms with Crippen LogP contribution in [-0.4, -0.2) is 36.2 Å². The number of sulfonamides is 1. The number of anilines is 1. The molecular weight excluding hydrogens is 410 g/mol. The summed E-state index contributed by atoms with van der Waals surface area (Å²) in [5.74, 6) is 0.695. The third kappa shape index (κ3) is 4.14. The van der Waals surface area contributed by atoms with Gasteiger partial charge in [0.2, 0.25) is 10.0 Å². The average Bonchev–Trinajstić information content (AvgIpc) is 3.52. The molecule has 1 fully saturated rings. The molecule has 2 aliphatic rings. The van der Waals surface area contributed by atoms with E-state index in [0.717, 1.165) is 52.5 Å². The van der Waals surface area contributed by atoms with Gasteiger partial charge in [-0.05, 0) is 60.9 Å². The van der Waals surface area contributed by atoms with Gasteiger partial charge in [-0.2, -0.15) is 10.2 Å². The van der Waals surface area contributed by atoms with E-state index in [4.69, 9.17) is 0 Å². The van der Waals surface area contributed by atoms with Gasteiger partial charge in [-0.1, -0.05) is 13.8 Å². The van der Waals surface area contributed by atoms with E-state index in [9.17, 15) is 8.42 Å². The summed E-state index contributed by atoms with van der Waals surface area (Å²) in [5, 5.41) is 12.9. The Labute approximate surface area is 182 Å². The summed E-state index contributed by atoms with van der Waals surface area (Å²) in [5.41, 5.74) is 3.87. The van der Waals surface area contributed by atoms with Gasteiger partial charge in [-0.3, -0.25) is 4.98 Å². The van der Waals surface area contributed by atoms with Crippen molar-refractivity contribution in [2.45, 2.75) is 56.4 Å². The van der Waals surface area contributed by atoms with Gasteiger partial charge >= 0.3 is 0 Å². The molecule has 1 aromatic carbocycles. The molecule has 0 aliphatic heterocycles. The number of aromatic nitrogens is 3. The van der Waals surface area contributed by atoms with Gasteiger partial charge in [0.25, 0.3) is 0 Å². The fourth-order valence-corrected chi connectivity index (χ4v) is 6.04. The van der Waals surface area contributed by atoms with E-state index >= 15 is 0 Å². The Hall–Kier alpha value is -2.58. The highest BCUT2D eigenvalue weighted by molar-refractivity contribution is 7.89. The molecule has 1 atom stereocenters. The summed E-state index contributed by atoms with van der Waals surface area (Å²) in [6, 6.07) is 6.10. The van der Waals surface area contributed by atoms with Crippen molar-refractivity contribution in [2.75, 3.05) is 11.9 Å². The lowest BCUT2D eigenvalue weighted by atomic mass is 10.0. The van der Waals surface area contributed by atoms with E-state index in [2.05, 4.69) is 31.3 Å². The molecule has 0 spiro atoms. The molecule has 2 heterocycles. The van der Waals surface area contributed by atoms with Crippen molar-refractivity contribution in [3.05, 3.63) is 53.6 Å². The van der Waals surface area contributed by atoms with Crippen LogP contribution >= 0.6 is 0 Å². The second-order valence-corrected chi connectivity index (χ2v) is 10.8. The first kappa shape index (κ1) is 20.3. The van der Waals surface area contributed by atoms with Crippen molar-refractivity contribution in [1.29, 1.82) is 0 Å². The number of fused-ring (bicyclic) bond motifs is 2. The quantitative estimate of drug-likeness (QED) is 0.588. The van der Waals surface area contributed by atoms with Gasteiger partial charge in [0.05, 0.1) is 23.0 Å². The normalized spacial score (nSPS) is 18.5. The zero-order chi connectivity index (χ0) is 21.6. The molecule has 8 heteroatoms. The predicted octanol–water partition coefficient (Wildman–Crippen LogP) is 3.42. The van der Waals surface area contributed by atoms with Crippen LogP contribution < -0.4 is 10.0 Å². The summed E-state index contributed by atoms with van der Waals surface area (Å²) >= 11 is 0. The second kappa shape index (κ2) is 7.84. The Bertz CT molecular complexity index is 1220. The molecule has 2 aliphatic carbocycles. The predicted molar refractivity (Wildman–Crippen MR) is 121 cm³/mol. The van der Waals surface area contributed by atoms with E-state index in [1.54, 1.807) is 12.4 Å². The zero-order valence-electron chi connectivity index (χ0n) is 17.8. The Morgan fingerprint density at radius 1 is 1.13 bits per heavy atom. The SMILES string of the molecule is CC(C)CNS(=O)(=O)c1c2c(cc3cnc(C4CC4)cc13)CC(Nc1ccnnc1)C2. The van der Waals surface area contributed by atoms with Gasteiger partial charge in [-0.15, -0.1) is 0 Å². The van der Waals surface area contributed by atoms with Crippen LogP contribution in [0.2, 0.25) is 0 Å². The topological polar surface area (TPSA) is 96.9 Å². The molecular formula is C23H27N5O2S. The highest BCUT2D eigenvalue weighted by Gasteiger charge is 2.32. The fourth-order valence-electron chi connectivity index (χ4n) is 4.34. The van der Waals surface area contributed by atoms with Gasteiger partial charge in [0.1, 0.15) is 0 Å². The molecule has 0 bridgehead atoms. The molecule has 2 aromatic heterocycles. The summed E-state index contributed by atoms with van der Waals surface area (Å²) in [6.45, 7) is 4.43. The van der Waals surface area contributed by atoms with E-state index in [0.29, 0.717) is 23.8 Å². The van der Waals surface area contributed by atoms with Crippen LogP contribution in [0.1, 0.15) is 49.4 Å². The van der Waals surface area contributed by atoms with Crippen molar-refractivity contribution in [3.63, 3.8) is 0 Å². The Morgan fingerprint density at radius 3 is 2.68 bits per heavy atom. The number of hydrogen-bond donors (Lipinski definition) is 2. The van der Waals surface area contributed by atoms with E-state index in [1.807, 2.05) is 32.2 Å². The highest BCUT2D eigenvalue weighted by atomic mass is 32.2. The minimum Gasteiger partial charge on any atom is -0.380 e. The van der Waals surface area contributed by atoms with E-state index < -0.39 is 10.0 Å². The number of nitrogens with zero attached hydrogens (tertiary/aromatic N) is 3. The first-order chi connectivity index (χ1) is 14.9. The van der Waals surface area contributed by atoms with Crippen LogP contribution in [0.3, 0.4) is 0 Å². The molecule has 31 heavy (non-hydrogen) atoms. The largest absolute Gasteiger partial charge is 0.380 e. The van der Waals surface area contributed by atoms with E-state index in [-0.39, 0.29) is 12.0 Å². The van der Waals surface area contributed by atoms with Gasteiger partial charge in [-0.25, -0.2) is 13.1 Å². The lowest BCUT2D eigenvalue weighted by Crippen LogP contribution is -2.29. The van der Waals surface area contributed by atoms with Crippen LogP contribution in [0.4, 0.5) is 5.69 Å². The maximum Gasteiger partial charge on any atom is 0.241 e. The maximum atomic E-state index is 13.5. The number of nitrogens with one attached hydrogen (secondary N) is 2. The van der Waals surface area contributed by atoms with Crippen LogP contribution in [0.5, 0.6) is 0 Å². The van der Waals surface area contributed by atoms with Gasteiger partial charge in [0.15, 0.2) is 0 Å². The first-order valence-corrected chi connectivity index (χ1v) is 12.4. The van der Waals surface area contributed by atoms with Crippen molar-refractivity contribution >= 4 is 26.5 Å². The van der Waals surface area contributed by atoms with Crippen LogP contribution in [0.25, 0.3) is 10.8 Å². The number of benzene rings is 1. The second-order valence-electron chi connectivity index (χ2n) is 9.07. The van der Waals surface area contributed by atoms with Crippen LogP contribution in [-0.2, 0) is 22.9 Å². The number of pyridine rings is 1. The van der Waals surface area contributed by atoms with Crippen LogP contribution in [0, 0.1) is 5.92 Å². The number of rotatable bonds is 7. The van der Waals surface area contributed by atoms with Crippen LogP contribution in [0.15, 0.2) is 41.7 Å². The van der Waals surface area contributed by atoms with Crippen molar-refractivity contribution in [3.8, 4) is 0 Å². The van der Waals surface area contributed by atoms with Crippen molar-refractivity contribution in [2.24, 2.45) is 5.92 Å². The molecule has 7 nitrogen and oxygen atoms in total. The average molecular weight is 438 g/mol. The van der Waals surface area contributed by atoms with Gasteiger partial charge < -0.3 is 5.32 Å². The number of hydrogen-bond acceptors (Lipinski definition) is 6. The van der Waals surface area contributed by atoms with E-state index in [1.165, 1.54) is 0 Å². The smallest absolute Gasteiger partial charge is 0.241 e. The maximum absolute atomic E-state index is 13.5. The highest BCUT2D eigenvalue weighted by Crippen LogP contribution is 2.42. The lowest BCUT2D eigenvalue weighted by molar-refractivity contribution is 0.560. The molecule has 0 saturated heterocycles. The fraction of sp³-hybridized carbons (Fsp3) is 0.435. The third-order valence-corrected chi connectivity index (χ3v) is 7.56. The summed E-state index contributed by atoms with van der Waals surface area (Å²) in [4.78, 5) is 5.06. The molecule has 1 unspecified atom stereocenters. The Kier molecular flexibility index (Phi) is 5.14. The summed E-state index contributed by atoms with van der Waals surface area (Å²) in [7, 11) is -3.65. The summed E-state index contributed by atoms with van der Waals surface area (Å²) in [6.07, 6.45) is 8.84. The van der Waals surface area contributed by atoms with Crippen molar-refractivity contribution < 1.29 is 8.42 Å². The molecule has 1 saturated carbocycles. The molecule has 162 valence electrons. The third-order valence-electron chi connectivity index (χ3n) is 6.01. The molecule has 5 rings (SSSR count). The molecule has 2 N–H and O–H groups in total. The molecule has 0 radical (unpaired) electrons. The molecule has 0 amide bonds. The van der Waals surface area contributed by atoms with Crippen molar-refractivity contribution in [1.82, 2.24) is 19.9 Å². The molecule has 3 aromatic rings. The monoisotopic (exact) mass is 437 g/mol. The van der Waals surface area contributed by atoms with Gasteiger partial charge in [0, 0.05) is 41.2 Å². The minimum absolute atomic E-state index is 0.103. The Balaban J connectivity index is 1.59. The zero-order valence-corrected chi connectivity index (χ0v) is 18.6. The minimum atomic E-state index is -3.65. The standard InChI is InChI=1S/C23H27N5O2S/c1-14(2)11-27-31(29,30)23-20-9-19(28-18-5-6-25-26-13-18)8-16(20)7-17-12-24-22(10-21(17)23)15-3-4-15/h5-7,10,12-15,19,27H,3-4,8-9,11H2,1-2H3,(H,25,28). The summed E-state index contributed by atoms with van der Waals surface area (Å²) < 4.78 is 29.8. The Morgan fingerprint density at radius 2 is 1.97 bits per heavy atom.